The Labute approximate surface area is 210 Å². The van der Waals surface area contributed by atoms with Crippen LogP contribution in [0.2, 0.25) is 0 Å². The molecule has 36 heavy (non-hydrogen) atoms. The molecular weight excluding hydrogens is 454 g/mol. The van der Waals surface area contributed by atoms with E-state index in [4.69, 9.17) is 0 Å². The Kier molecular flexibility index (Phi) is 6.31. The quantitative estimate of drug-likeness (QED) is 0.542. The van der Waals surface area contributed by atoms with Crippen molar-refractivity contribution in [1.82, 2.24) is 15.1 Å². The van der Waals surface area contributed by atoms with Gasteiger partial charge in [0.2, 0.25) is 5.91 Å². The largest absolute Gasteiger partial charge is 0.341 e. The Morgan fingerprint density at radius 1 is 0.917 bits per heavy atom. The molecule has 0 bridgehead atoms. The van der Waals surface area contributed by atoms with E-state index >= 15 is 0 Å². The van der Waals surface area contributed by atoms with Crippen molar-refractivity contribution in [3.05, 3.63) is 83.9 Å². The summed E-state index contributed by atoms with van der Waals surface area (Å²) < 4.78 is 0. The van der Waals surface area contributed by atoms with E-state index in [2.05, 4.69) is 5.32 Å². The van der Waals surface area contributed by atoms with Gasteiger partial charge < -0.3 is 10.2 Å². The topological polar surface area (TPSA) is 86.8 Å². The number of hydrogen-bond donors (Lipinski definition) is 1. The predicted octanol–water partition coefficient (Wildman–Crippen LogP) is 3.66. The number of Topliss-reactive ketones (excluding diaryl/α,β-unsaturated/α-hetero) is 1. The number of urea groups is 1. The van der Waals surface area contributed by atoms with Crippen LogP contribution in [0.15, 0.2) is 72.8 Å². The molecule has 184 valence electrons. The number of carbonyl (C=O) groups is 4. The third-order valence-electron chi connectivity index (χ3n) is 7.42. The molecule has 7 nitrogen and oxygen atoms in total. The summed E-state index contributed by atoms with van der Waals surface area (Å²) in [6, 6.07) is 22.6. The Morgan fingerprint density at radius 3 is 2.31 bits per heavy atom. The van der Waals surface area contributed by atoms with E-state index < -0.39 is 17.5 Å². The molecule has 3 aromatic rings. The first-order valence-electron chi connectivity index (χ1n) is 12.3. The van der Waals surface area contributed by atoms with Crippen LogP contribution in [0.5, 0.6) is 0 Å². The second-order valence-corrected chi connectivity index (χ2v) is 9.79. The molecule has 2 saturated heterocycles. The Balaban J connectivity index is 1.20. The standard InChI is InChI=1S/C29H29N3O4/c1-29(24-12-11-21-9-5-6-10-23(21)18-24)27(35)32(28(36)30-29)19-26(34)31-15-13-22(14-16-31)25(33)17-20-7-3-2-4-8-20/h2-12,18,22H,13-17,19H2,1H3,(H,30,36). The van der Waals surface area contributed by atoms with Crippen molar-refractivity contribution in [3.63, 3.8) is 0 Å². The van der Waals surface area contributed by atoms with E-state index in [9.17, 15) is 19.2 Å². The summed E-state index contributed by atoms with van der Waals surface area (Å²) in [4.78, 5) is 54.4. The second kappa shape index (κ2) is 9.57. The lowest BCUT2D eigenvalue weighted by atomic mass is 9.89. The van der Waals surface area contributed by atoms with E-state index in [1.807, 2.05) is 72.8 Å². The molecule has 0 radical (unpaired) electrons. The van der Waals surface area contributed by atoms with Crippen LogP contribution < -0.4 is 5.32 Å². The van der Waals surface area contributed by atoms with E-state index in [0.717, 1.165) is 21.2 Å². The van der Waals surface area contributed by atoms with Crippen molar-refractivity contribution in [2.75, 3.05) is 19.6 Å². The van der Waals surface area contributed by atoms with Crippen LogP contribution in [0.1, 0.15) is 30.9 Å². The van der Waals surface area contributed by atoms with E-state index in [1.165, 1.54) is 0 Å². The van der Waals surface area contributed by atoms with Gasteiger partial charge >= 0.3 is 6.03 Å². The van der Waals surface area contributed by atoms with Gasteiger partial charge in [0, 0.05) is 25.4 Å². The summed E-state index contributed by atoms with van der Waals surface area (Å²) in [7, 11) is 0. The first kappa shape index (κ1) is 23.7. The van der Waals surface area contributed by atoms with Crippen molar-refractivity contribution < 1.29 is 19.2 Å². The average molecular weight is 484 g/mol. The number of imide groups is 1. The number of fused-ring (bicyclic) bond motifs is 1. The lowest BCUT2D eigenvalue weighted by Gasteiger charge is -2.32. The Bertz CT molecular complexity index is 1330. The summed E-state index contributed by atoms with van der Waals surface area (Å²) in [6.07, 6.45) is 1.58. The van der Waals surface area contributed by atoms with Gasteiger partial charge in [0.15, 0.2) is 0 Å². The van der Waals surface area contributed by atoms with Crippen LogP contribution >= 0.6 is 0 Å². The van der Waals surface area contributed by atoms with Gasteiger partial charge in [-0.2, -0.15) is 0 Å². The molecule has 3 aromatic carbocycles. The van der Waals surface area contributed by atoms with Gasteiger partial charge in [-0.1, -0.05) is 66.7 Å². The van der Waals surface area contributed by atoms with Crippen molar-refractivity contribution in [2.45, 2.75) is 31.7 Å². The predicted molar refractivity (Wildman–Crippen MR) is 136 cm³/mol. The number of piperidine rings is 1. The monoisotopic (exact) mass is 483 g/mol. The molecule has 2 aliphatic rings. The number of hydrogen-bond acceptors (Lipinski definition) is 4. The second-order valence-electron chi connectivity index (χ2n) is 9.79. The van der Waals surface area contributed by atoms with Crippen LogP contribution in [0.25, 0.3) is 10.8 Å². The number of nitrogens with one attached hydrogen (secondary N) is 1. The minimum Gasteiger partial charge on any atom is -0.341 e. The summed E-state index contributed by atoms with van der Waals surface area (Å²) in [5.41, 5.74) is 0.430. The van der Waals surface area contributed by atoms with Crippen molar-refractivity contribution in [2.24, 2.45) is 5.92 Å². The number of ketones is 1. The molecule has 4 amide bonds. The number of benzene rings is 3. The van der Waals surface area contributed by atoms with Gasteiger partial charge in [-0.05, 0) is 47.7 Å². The molecule has 0 saturated carbocycles. The molecule has 2 heterocycles. The van der Waals surface area contributed by atoms with E-state index in [-0.39, 0.29) is 24.2 Å². The zero-order valence-electron chi connectivity index (χ0n) is 20.3. The molecular formula is C29H29N3O4. The molecule has 2 fully saturated rings. The SMILES string of the molecule is CC1(c2ccc3ccccc3c2)NC(=O)N(CC(=O)N2CCC(C(=O)Cc3ccccc3)CC2)C1=O. The lowest BCUT2D eigenvalue weighted by molar-refractivity contribution is -0.140. The number of carbonyl (C=O) groups excluding carboxylic acids is 4. The first-order valence-corrected chi connectivity index (χ1v) is 12.3. The summed E-state index contributed by atoms with van der Waals surface area (Å²) in [5.74, 6) is -0.616. The summed E-state index contributed by atoms with van der Waals surface area (Å²) >= 11 is 0. The van der Waals surface area contributed by atoms with Crippen molar-refractivity contribution >= 4 is 34.4 Å². The Morgan fingerprint density at radius 2 is 1.58 bits per heavy atom. The van der Waals surface area contributed by atoms with Crippen LogP contribution in [0.4, 0.5) is 4.79 Å². The fourth-order valence-corrected chi connectivity index (χ4v) is 5.16. The van der Waals surface area contributed by atoms with Gasteiger partial charge in [-0.25, -0.2) is 4.79 Å². The fraction of sp³-hybridized carbons (Fsp3) is 0.310. The smallest absolute Gasteiger partial charge is 0.325 e. The van der Waals surface area contributed by atoms with Crippen molar-refractivity contribution in [3.8, 4) is 0 Å². The lowest BCUT2D eigenvalue weighted by Crippen LogP contribution is -2.47. The zero-order chi connectivity index (χ0) is 25.3. The van der Waals surface area contributed by atoms with Crippen LogP contribution in [-0.2, 0) is 26.3 Å². The number of likely N-dealkylation sites (tertiary alicyclic amines) is 1. The van der Waals surface area contributed by atoms with Gasteiger partial charge in [0.1, 0.15) is 17.9 Å². The highest BCUT2D eigenvalue weighted by atomic mass is 16.2. The summed E-state index contributed by atoms with van der Waals surface area (Å²) in [5, 5.41) is 4.80. The van der Waals surface area contributed by atoms with Crippen LogP contribution in [0, 0.1) is 5.92 Å². The highest BCUT2D eigenvalue weighted by molar-refractivity contribution is 6.09. The molecule has 0 aromatic heterocycles. The average Bonchev–Trinajstić information content (AvgIpc) is 3.12. The zero-order valence-corrected chi connectivity index (χ0v) is 20.3. The minimum absolute atomic E-state index is 0.0813. The van der Waals surface area contributed by atoms with E-state index in [0.29, 0.717) is 37.9 Å². The number of rotatable bonds is 6. The number of amides is 4. The van der Waals surface area contributed by atoms with Gasteiger partial charge in [0.05, 0.1) is 0 Å². The fourth-order valence-electron chi connectivity index (χ4n) is 5.16. The maximum absolute atomic E-state index is 13.3. The van der Waals surface area contributed by atoms with Crippen molar-refractivity contribution in [1.29, 1.82) is 0 Å². The molecule has 0 aliphatic carbocycles. The maximum atomic E-state index is 13.3. The van der Waals surface area contributed by atoms with Gasteiger partial charge in [0.25, 0.3) is 5.91 Å². The molecule has 1 unspecified atom stereocenters. The third kappa shape index (κ3) is 4.49. The summed E-state index contributed by atoms with van der Waals surface area (Å²) in [6.45, 7) is 2.24. The highest BCUT2D eigenvalue weighted by Gasteiger charge is 2.49. The normalized spacial score (nSPS) is 20.6. The molecule has 5 rings (SSSR count). The molecule has 0 spiro atoms. The van der Waals surface area contributed by atoms with Crippen LogP contribution in [0.3, 0.4) is 0 Å². The molecule has 1 N–H and O–H groups in total. The third-order valence-corrected chi connectivity index (χ3v) is 7.42. The van der Waals surface area contributed by atoms with E-state index in [1.54, 1.807) is 11.8 Å². The number of nitrogens with zero attached hydrogens (tertiary/aromatic N) is 2. The van der Waals surface area contributed by atoms with Crippen LogP contribution in [-0.4, -0.2) is 53.1 Å². The van der Waals surface area contributed by atoms with Gasteiger partial charge in [-0.15, -0.1) is 0 Å². The highest BCUT2D eigenvalue weighted by Crippen LogP contribution is 2.31. The first-order chi connectivity index (χ1) is 17.3. The van der Waals surface area contributed by atoms with Gasteiger partial charge in [-0.3, -0.25) is 19.3 Å². The molecule has 7 heteroatoms. The minimum atomic E-state index is -1.24. The molecule has 2 aliphatic heterocycles. The Hall–Kier alpha value is -4.00. The maximum Gasteiger partial charge on any atom is 0.325 e. The molecule has 1 atom stereocenters.